The molecule has 1 heterocycles. The Morgan fingerprint density at radius 2 is 2.05 bits per heavy atom. The second kappa shape index (κ2) is 5.70. The lowest BCUT2D eigenvalue weighted by molar-refractivity contribution is 0.468. The van der Waals surface area contributed by atoms with Crippen LogP contribution in [0.4, 0.5) is 10.1 Å². The van der Waals surface area contributed by atoms with Crippen molar-refractivity contribution in [2.75, 3.05) is 12.8 Å². The van der Waals surface area contributed by atoms with Crippen molar-refractivity contribution in [1.29, 1.82) is 0 Å². The van der Waals surface area contributed by atoms with Crippen molar-refractivity contribution in [2.24, 2.45) is 0 Å². The van der Waals surface area contributed by atoms with Gasteiger partial charge in [-0.25, -0.2) is 17.8 Å². The summed E-state index contributed by atoms with van der Waals surface area (Å²) in [5.41, 5.74) is 8.11. The standard InChI is InChI=1S/C13H16FN3O2S2/c1-8-4-10(14)11(15)5-13(8)21(18,19)17(3)6-12-9(2)16-7-20-12/h4-5,7H,6,15H2,1-3H3. The number of aromatic nitrogens is 1. The van der Waals surface area contributed by atoms with E-state index in [9.17, 15) is 12.8 Å². The van der Waals surface area contributed by atoms with Crippen LogP contribution >= 0.6 is 11.3 Å². The van der Waals surface area contributed by atoms with E-state index in [0.29, 0.717) is 5.56 Å². The van der Waals surface area contributed by atoms with Gasteiger partial charge in [0.25, 0.3) is 0 Å². The summed E-state index contributed by atoms with van der Waals surface area (Å²) in [5.74, 6) is -0.618. The van der Waals surface area contributed by atoms with Crippen LogP contribution in [-0.4, -0.2) is 24.8 Å². The molecule has 0 aliphatic rings. The van der Waals surface area contributed by atoms with Gasteiger partial charge in [0.05, 0.1) is 21.8 Å². The van der Waals surface area contributed by atoms with Gasteiger partial charge in [0.2, 0.25) is 10.0 Å². The van der Waals surface area contributed by atoms with Gasteiger partial charge in [0.15, 0.2) is 0 Å². The number of hydrogen-bond donors (Lipinski definition) is 1. The van der Waals surface area contributed by atoms with Crippen LogP contribution in [0.3, 0.4) is 0 Å². The number of benzene rings is 1. The van der Waals surface area contributed by atoms with E-state index in [0.717, 1.165) is 22.7 Å². The highest BCUT2D eigenvalue weighted by Crippen LogP contribution is 2.26. The molecule has 0 saturated heterocycles. The number of nitrogens with two attached hydrogens (primary N) is 1. The number of anilines is 1. The molecule has 0 spiro atoms. The Hall–Kier alpha value is -1.51. The normalized spacial score (nSPS) is 12.0. The molecular formula is C13H16FN3O2S2. The van der Waals surface area contributed by atoms with Gasteiger partial charge in [-0.2, -0.15) is 4.31 Å². The van der Waals surface area contributed by atoms with E-state index in [1.165, 1.54) is 22.7 Å². The molecule has 8 heteroatoms. The van der Waals surface area contributed by atoms with Crippen LogP contribution in [0.15, 0.2) is 22.5 Å². The molecule has 21 heavy (non-hydrogen) atoms. The topological polar surface area (TPSA) is 76.3 Å². The number of nitrogen functional groups attached to an aromatic ring is 1. The number of thiazole rings is 1. The van der Waals surface area contributed by atoms with E-state index in [-0.39, 0.29) is 17.1 Å². The molecule has 0 bridgehead atoms. The lowest BCUT2D eigenvalue weighted by Gasteiger charge is -2.18. The Bertz CT molecular complexity index is 772. The average molecular weight is 329 g/mol. The molecule has 0 fully saturated rings. The fourth-order valence-electron chi connectivity index (χ4n) is 1.88. The quantitative estimate of drug-likeness (QED) is 0.873. The Labute approximate surface area is 127 Å². The first-order valence-electron chi connectivity index (χ1n) is 6.14. The van der Waals surface area contributed by atoms with Crippen molar-refractivity contribution in [1.82, 2.24) is 9.29 Å². The van der Waals surface area contributed by atoms with Crippen LogP contribution in [0, 0.1) is 19.7 Å². The summed E-state index contributed by atoms with van der Waals surface area (Å²) < 4.78 is 39.8. The van der Waals surface area contributed by atoms with Crippen molar-refractivity contribution < 1.29 is 12.8 Å². The smallest absolute Gasteiger partial charge is 0.243 e. The summed E-state index contributed by atoms with van der Waals surface area (Å²) in [6.45, 7) is 3.59. The molecule has 114 valence electrons. The number of nitrogens with zero attached hydrogens (tertiary/aromatic N) is 2. The lowest BCUT2D eigenvalue weighted by Crippen LogP contribution is -2.27. The molecule has 5 nitrogen and oxygen atoms in total. The van der Waals surface area contributed by atoms with E-state index >= 15 is 0 Å². The molecule has 2 aromatic rings. The minimum Gasteiger partial charge on any atom is -0.396 e. The van der Waals surface area contributed by atoms with Crippen LogP contribution in [0.25, 0.3) is 0 Å². The Morgan fingerprint density at radius 1 is 1.38 bits per heavy atom. The first-order valence-corrected chi connectivity index (χ1v) is 8.46. The lowest BCUT2D eigenvalue weighted by atomic mass is 10.2. The fraction of sp³-hybridized carbons (Fsp3) is 0.308. The minimum absolute atomic E-state index is 0.0195. The third-order valence-corrected chi connectivity index (χ3v) is 6.06. The second-order valence-corrected chi connectivity index (χ2v) is 7.71. The van der Waals surface area contributed by atoms with Gasteiger partial charge in [-0.15, -0.1) is 11.3 Å². The molecular weight excluding hydrogens is 313 g/mol. The summed E-state index contributed by atoms with van der Waals surface area (Å²) in [6, 6.07) is 2.30. The Kier molecular flexibility index (Phi) is 4.31. The number of sulfonamides is 1. The predicted molar refractivity (Wildman–Crippen MR) is 81.1 cm³/mol. The minimum atomic E-state index is -3.74. The molecule has 1 aromatic heterocycles. The second-order valence-electron chi connectivity index (χ2n) is 4.76. The largest absolute Gasteiger partial charge is 0.396 e. The van der Waals surface area contributed by atoms with Crippen molar-refractivity contribution in [2.45, 2.75) is 25.3 Å². The highest BCUT2D eigenvalue weighted by Gasteiger charge is 2.25. The van der Waals surface area contributed by atoms with Gasteiger partial charge >= 0.3 is 0 Å². The number of hydrogen-bond acceptors (Lipinski definition) is 5. The van der Waals surface area contributed by atoms with Gasteiger partial charge in [0.1, 0.15) is 5.82 Å². The van der Waals surface area contributed by atoms with Crippen LogP contribution in [0.5, 0.6) is 0 Å². The van der Waals surface area contributed by atoms with Crippen LogP contribution in [0.2, 0.25) is 0 Å². The van der Waals surface area contributed by atoms with E-state index in [4.69, 9.17) is 5.73 Å². The summed E-state index contributed by atoms with van der Waals surface area (Å²) >= 11 is 1.40. The maximum absolute atomic E-state index is 13.4. The van der Waals surface area contributed by atoms with Gasteiger partial charge < -0.3 is 5.73 Å². The van der Waals surface area contributed by atoms with Crippen molar-refractivity contribution in [3.05, 3.63) is 39.6 Å². The Morgan fingerprint density at radius 3 is 2.62 bits per heavy atom. The van der Waals surface area contributed by atoms with E-state index in [2.05, 4.69) is 4.98 Å². The average Bonchev–Trinajstić information content (AvgIpc) is 2.79. The summed E-state index contributed by atoms with van der Waals surface area (Å²) in [7, 11) is -2.26. The van der Waals surface area contributed by atoms with Crippen LogP contribution in [-0.2, 0) is 16.6 Å². The van der Waals surface area contributed by atoms with Crippen LogP contribution in [0.1, 0.15) is 16.1 Å². The predicted octanol–water partition coefficient (Wildman–Crippen LogP) is 2.30. The van der Waals surface area contributed by atoms with Crippen molar-refractivity contribution in [3.63, 3.8) is 0 Å². The molecule has 1 aromatic carbocycles. The number of aryl methyl sites for hydroxylation is 2. The third-order valence-electron chi connectivity index (χ3n) is 3.19. The molecule has 0 atom stereocenters. The molecule has 0 aliphatic heterocycles. The zero-order valence-electron chi connectivity index (χ0n) is 11.9. The molecule has 0 amide bonds. The molecule has 0 radical (unpaired) electrons. The summed E-state index contributed by atoms with van der Waals surface area (Å²) in [4.78, 5) is 4.98. The van der Waals surface area contributed by atoms with Crippen LogP contribution < -0.4 is 5.73 Å². The van der Waals surface area contributed by atoms with Crippen molar-refractivity contribution >= 4 is 27.0 Å². The maximum Gasteiger partial charge on any atom is 0.243 e. The van der Waals surface area contributed by atoms with Gasteiger partial charge in [-0.3, -0.25) is 0 Å². The first-order chi connectivity index (χ1) is 9.73. The zero-order chi connectivity index (χ0) is 15.8. The number of rotatable bonds is 4. The summed E-state index contributed by atoms with van der Waals surface area (Å²) in [5, 5.41) is 0. The Balaban J connectivity index is 2.38. The van der Waals surface area contributed by atoms with Crippen molar-refractivity contribution in [3.8, 4) is 0 Å². The molecule has 2 N–H and O–H groups in total. The monoisotopic (exact) mass is 329 g/mol. The highest BCUT2D eigenvalue weighted by atomic mass is 32.2. The SMILES string of the molecule is Cc1cc(F)c(N)cc1S(=O)(=O)N(C)Cc1scnc1C. The first kappa shape index (κ1) is 15.9. The van der Waals surface area contributed by atoms with E-state index in [1.807, 2.05) is 6.92 Å². The van der Waals surface area contributed by atoms with E-state index in [1.54, 1.807) is 12.4 Å². The molecule has 0 unspecified atom stereocenters. The van der Waals surface area contributed by atoms with Gasteiger partial charge in [0, 0.05) is 18.5 Å². The van der Waals surface area contributed by atoms with Gasteiger partial charge in [-0.05, 0) is 31.5 Å². The van der Waals surface area contributed by atoms with E-state index < -0.39 is 15.8 Å². The van der Waals surface area contributed by atoms with Gasteiger partial charge in [-0.1, -0.05) is 0 Å². The number of halogens is 1. The molecule has 0 saturated carbocycles. The molecule has 2 rings (SSSR count). The maximum atomic E-state index is 13.4. The highest BCUT2D eigenvalue weighted by molar-refractivity contribution is 7.89. The zero-order valence-corrected chi connectivity index (χ0v) is 13.6. The molecule has 0 aliphatic carbocycles. The third kappa shape index (κ3) is 3.07. The fourth-order valence-corrected chi connectivity index (χ4v) is 4.17. The summed E-state index contributed by atoms with van der Waals surface area (Å²) in [6.07, 6.45) is 0.